The summed E-state index contributed by atoms with van der Waals surface area (Å²) >= 11 is 6.30. The predicted octanol–water partition coefficient (Wildman–Crippen LogP) is 3.17. The van der Waals surface area contributed by atoms with E-state index in [1.54, 1.807) is 0 Å². The molecule has 2 aromatic carbocycles. The highest BCUT2D eigenvalue weighted by atomic mass is 35.5. The molecule has 0 aromatic heterocycles. The number of hydrogen-bond donors (Lipinski definition) is 2. The van der Waals surface area contributed by atoms with Crippen molar-refractivity contribution in [2.45, 2.75) is 12.5 Å². The van der Waals surface area contributed by atoms with Crippen LogP contribution in [0.2, 0.25) is 5.02 Å². The molecule has 21 heavy (non-hydrogen) atoms. The minimum atomic E-state index is 0.149. The van der Waals surface area contributed by atoms with Gasteiger partial charge < -0.3 is 10.6 Å². The Hall–Kier alpha value is -2.00. The molecule has 0 bridgehead atoms. The van der Waals surface area contributed by atoms with Crippen LogP contribution in [-0.4, -0.2) is 19.0 Å². The van der Waals surface area contributed by atoms with Crippen LogP contribution in [0, 0.1) is 0 Å². The number of rotatable bonds is 4. The molecule has 0 radical (unpaired) electrons. The van der Waals surface area contributed by atoms with Crippen molar-refractivity contribution in [3.8, 4) is 0 Å². The maximum atomic E-state index is 6.30. The maximum Gasteiger partial charge on any atom is 0.191 e. The van der Waals surface area contributed by atoms with E-state index in [1.165, 1.54) is 5.56 Å². The average molecular weight is 300 g/mol. The van der Waals surface area contributed by atoms with Gasteiger partial charge in [-0.15, -0.1) is 0 Å². The molecule has 0 fully saturated rings. The second kappa shape index (κ2) is 6.64. The van der Waals surface area contributed by atoms with Crippen LogP contribution in [0.25, 0.3) is 0 Å². The molecule has 2 N–H and O–H groups in total. The van der Waals surface area contributed by atoms with E-state index < -0.39 is 0 Å². The Morgan fingerprint density at radius 2 is 1.86 bits per heavy atom. The van der Waals surface area contributed by atoms with Crippen molar-refractivity contribution >= 4 is 17.6 Å². The molecule has 0 spiro atoms. The number of benzene rings is 2. The van der Waals surface area contributed by atoms with E-state index in [4.69, 9.17) is 11.6 Å². The van der Waals surface area contributed by atoms with Crippen LogP contribution in [0.1, 0.15) is 17.2 Å². The molecule has 1 unspecified atom stereocenters. The van der Waals surface area contributed by atoms with Gasteiger partial charge in [0.25, 0.3) is 0 Å². The Balaban J connectivity index is 1.83. The lowest BCUT2D eigenvalue weighted by molar-refractivity contribution is 0.634. The van der Waals surface area contributed by atoms with Gasteiger partial charge in [0.05, 0.1) is 12.6 Å². The number of aliphatic imine (C=N–C) groups is 1. The highest BCUT2D eigenvalue weighted by Gasteiger charge is 2.16. The molecule has 0 saturated heterocycles. The van der Waals surface area contributed by atoms with E-state index in [0.717, 1.165) is 36.1 Å². The van der Waals surface area contributed by atoms with Crippen LogP contribution in [0.5, 0.6) is 0 Å². The van der Waals surface area contributed by atoms with Gasteiger partial charge in [-0.2, -0.15) is 0 Å². The van der Waals surface area contributed by atoms with E-state index in [9.17, 15) is 0 Å². The number of halogens is 1. The third-order valence-corrected chi connectivity index (χ3v) is 3.94. The number of guanidine groups is 1. The summed E-state index contributed by atoms with van der Waals surface area (Å²) in [5.74, 6) is 0.871. The van der Waals surface area contributed by atoms with Gasteiger partial charge in [-0.05, 0) is 23.6 Å². The van der Waals surface area contributed by atoms with E-state index in [-0.39, 0.29) is 6.04 Å². The molecule has 1 heterocycles. The highest BCUT2D eigenvalue weighted by molar-refractivity contribution is 6.31. The van der Waals surface area contributed by atoms with E-state index in [1.807, 2.05) is 24.3 Å². The lowest BCUT2D eigenvalue weighted by Crippen LogP contribution is -2.37. The zero-order valence-corrected chi connectivity index (χ0v) is 12.5. The first-order valence-corrected chi connectivity index (χ1v) is 7.54. The van der Waals surface area contributed by atoms with Crippen LogP contribution < -0.4 is 10.6 Å². The number of hydrogen-bond acceptors (Lipinski definition) is 3. The predicted molar refractivity (Wildman–Crippen MR) is 87.8 cm³/mol. The maximum absolute atomic E-state index is 6.30. The molecular formula is C17H18ClN3. The molecule has 108 valence electrons. The fourth-order valence-corrected chi connectivity index (χ4v) is 2.69. The van der Waals surface area contributed by atoms with Crippen molar-refractivity contribution in [3.63, 3.8) is 0 Å². The summed E-state index contributed by atoms with van der Waals surface area (Å²) in [5, 5.41) is 7.56. The summed E-state index contributed by atoms with van der Waals surface area (Å²) < 4.78 is 0. The fourth-order valence-electron chi connectivity index (χ4n) is 2.48. The standard InChI is InChI=1S/C17H18ClN3/c18-15-9-5-4-8-14(15)12-16(13-6-2-1-3-7-13)21-17-19-10-11-20-17/h1-9,16H,10-12H2,(H2,19,20,21). The van der Waals surface area contributed by atoms with Gasteiger partial charge in [-0.1, -0.05) is 60.1 Å². The summed E-state index contributed by atoms with van der Waals surface area (Å²) in [5.41, 5.74) is 2.37. The Morgan fingerprint density at radius 1 is 1.10 bits per heavy atom. The van der Waals surface area contributed by atoms with E-state index in [2.05, 4.69) is 46.0 Å². The lowest BCUT2D eigenvalue weighted by Gasteiger charge is -2.21. The second-order valence-electron chi connectivity index (χ2n) is 5.06. The van der Waals surface area contributed by atoms with Crippen molar-refractivity contribution in [2.75, 3.05) is 13.1 Å². The summed E-state index contributed by atoms with van der Waals surface area (Å²) in [6, 6.07) is 18.5. The zero-order valence-electron chi connectivity index (χ0n) is 11.7. The smallest absolute Gasteiger partial charge is 0.191 e. The van der Waals surface area contributed by atoms with Crippen LogP contribution in [0.15, 0.2) is 59.6 Å². The van der Waals surface area contributed by atoms with E-state index in [0.29, 0.717) is 0 Å². The molecule has 0 amide bonds. The van der Waals surface area contributed by atoms with Gasteiger partial charge in [-0.3, -0.25) is 4.99 Å². The molecule has 1 aliphatic rings. The molecule has 2 aromatic rings. The van der Waals surface area contributed by atoms with Crippen LogP contribution in [0.3, 0.4) is 0 Å². The zero-order chi connectivity index (χ0) is 14.5. The van der Waals surface area contributed by atoms with Crippen molar-refractivity contribution in [1.29, 1.82) is 0 Å². The van der Waals surface area contributed by atoms with Gasteiger partial charge in [0.1, 0.15) is 0 Å². The first-order chi connectivity index (χ1) is 10.3. The van der Waals surface area contributed by atoms with Gasteiger partial charge >= 0.3 is 0 Å². The van der Waals surface area contributed by atoms with Crippen molar-refractivity contribution in [1.82, 2.24) is 10.6 Å². The highest BCUT2D eigenvalue weighted by Crippen LogP contribution is 2.23. The van der Waals surface area contributed by atoms with Crippen molar-refractivity contribution < 1.29 is 0 Å². The van der Waals surface area contributed by atoms with Gasteiger partial charge in [-0.25, -0.2) is 0 Å². The molecule has 4 heteroatoms. The lowest BCUT2D eigenvalue weighted by atomic mass is 9.99. The topological polar surface area (TPSA) is 36.4 Å². The summed E-state index contributed by atoms with van der Waals surface area (Å²) in [4.78, 5) is 4.43. The monoisotopic (exact) mass is 299 g/mol. The van der Waals surface area contributed by atoms with Gasteiger partial charge in [0.15, 0.2) is 5.96 Å². The minimum Gasteiger partial charge on any atom is -0.355 e. The second-order valence-corrected chi connectivity index (χ2v) is 5.47. The summed E-state index contributed by atoms with van der Waals surface area (Å²) in [6.07, 6.45) is 0.824. The number of nitrogens with one attached hydrogen (secondary N) is 2. The Bertz CT molecular complexity index is 625. The quantitative estimate of drug-likeness (QED) is 0.910. The largest absolute Gasteiger partial charge is 0.355 e. The normalized spacial score (nSPS) is 15.2. The van der Waals surface area contributed by atoms with Crippen LogP contribution in [0.4, 0.5) is 0 Å². The Labute approximate surface area is 130 Å². The SMILES string of the molecule is Clc1ccccc1CC(NC1=NCCN1)c1ccccc1. The molecule has 3 rings (SSSR count). The van der Waals surface area contributed by atoms with Crippen LogP contribution >= 0.6 is 11.6 Å². The molecule has 0 aliphatic carbocycles. The average Bonchev–Trinajstić information content (AvgIpc) is 3.03. The van der Waals surface area contributed by atoms with Crippen LogP contribution in [-0.2, 0) is 6.42 Å². The molecule has 1 aliphatic heterocycles. The van der Waals surface area contributed by atoms with Crippen molar-refractivity contribution in [3.05, 3.63) is 70.7 Å². The third-order valence-electron chi connectivity index (χ3n) is 3.57. The van der Waals surface area contributed by atoms with Gasteiger partial charge in [0.2, 0.25) is 0 Å². The number of nitrogens with zero attached hydrogens (tertiary/aromatic N) is 1. The first-order valence-electron chi connectivity index (χ1n) is 7.16. The third kappa shape index (κ3) is 3.56. The summed E-state index contributed by atoms with van der Waals surface area (Å²) in [6.45, 7) is 1.73. The summed E-state index contributed by atoms with van der Waals surface area (Å²) in [7, 11) is 0. The molecule has 1 atom stereocenters. The fraction of sp³-hybridized carbons (Fsp3) is 0.235. The van der Waals surface area contributed by atoms with Gasteiger partial charge in [0, 0.05) is 11.6 Å². The molecule has 0 saturated carbocycles. The molecular weight excluding hydrogens is 282 g/mol. The van der Waals surface area contributed by atoms with E-state index >= 15 is 0 Å². The Kier molecular flexibility index (Phi) is 4.41. The molecule has 3 nitrogen and oxygen atoms in total. The first kappa shape index (κ1) is 14.0. The minimum absolute atomic E-state index is 0.149. The Morgan fingerprint density at radius 3 is 2.57 bits per heavy atom. The van der Waals surface area contributed by atoms with Crippen molar-refractivity contribution in [2.24, 2.45) is 4.99 Å².